The summed E-state index contributed by atoms with van der Waals surface area (Å²) in [5.74, 6) is -5.03. The van der Waals surface area contributed by atoms with Gasteiger partial charge in [0.05, 0.1) is 28.7 Å². The Morgan fingerprint density at radius 1 is 0.790 bits per heavy atom. The maximum Gasteiger partial charge on any atom is 0.303 e. The minimum absolute atomic E-state index is 0.0874. The second-order valence-corrected chi connectivity index (χ2v) is 15.2. The molecule has 18 heteroatoms. The summed E-state index contributed by atoms with van der Waals surface area (Å²) in [5.41, 5.74) is 1.65. The summed E-state index contributed by atoms with van der Waals surface area (Å²) in [4.78, 5) is 79.7. The molecule has 0 aliphatic carbocycles. The predicted molar refractivity (Wildman–Crippen MR) is 227 cm³/mol. The Morgan fingerprint density at radius 2 is 1.39 bits per heavy atom. The standard InChI is InChI=1S/C44H45N5O12S/c1-27(50)58-26-37(59-28(2)51)40(60-29(3)52)41(61-30(4)53)38-39(47-46-34-19-23-36(57-6)24-20-34)42(48(5)25-31-13-9-7-10-14-31)62-44(38,32-15-11-8-12-16-32)43(54)45-33-17-21-35(22-18-33)49(55)56/h7-24,37-38,40-41H,25-26H2,1-6H3,(H,45,54)/t37-,38-,40-,41-,44+/m1/s1. The molecule has 62 heavy (non-hydrogen) atoms. The molecular weight excluding hydrogens is 823 g/mol. The number of rotatable bonds is 18. The molecular formula is C44H45N5O12S. The molecule has 0 radical (unpaired) electrons. The zero-order valence-electron chi connectivity index (χ0n) is 34.7. The van der Waals surface area contributed by atoms with Gasteiger partial charge in [0.1, 0.15) is 22.8 Å². The van der Waals surface area contributed by atoms with E-state index in [0.717, 1.165) is 45.0 Å². The third-order valence-corrected chi connectivity index (χ3v) is 11.1. The summed E-state index contributed by atoms with van der Waals surface area (Å²) in [6, 6.07) is 29.8. The number of nitro benzene ring substituents is 1. The first-order valence-electron chi connectivity index (χ1n) is 19.1. The molecule has 1 N–H and O–H groups in total. The second-order valence-electron chi connectivity index (χ2n) is 14.0. The molecule has 0 bridgehead atoms. The number of azo groups is 1. The number of carbonyl (C=O) groups excluding carboxylic acids is 5. The Kier molecular flexibility index (Phi) is 15.5. The van der Waals surface area contributed by atoms with E-state index in [1.807, 2.05) is 35.2 Å². The number of ether oxygens (including phenoxy) is 5. The number of hydrogen-bond donors (Lipinski definition) is 1. The van der Waals surface area contributed by atoms with Gasteiger partial charge < -0.3 is 33.9 Å². The van der Waals surface area contributed by atoms with Crippen molar-refractivity contribution < 1.29 is 52.6 Å². The number of carbonyl (C=O) groups is 5. The van der Waals surface area contributed by atoms with Crippen molar-refractivity contribution in [2.24, 2.45) is 16.1 Å². The highest BCUT2D eigenvalue weighted by Gasteiger charge is 2.63. The molecule has 17 nitrogen and oxygen atoms in total. The predicted octanol–water partition coefficient (Wildman–Crippen LogP) is 7.24. The number of nitro groups is 1. The number of benzene rings is 4. The number of amides is 1. The van der Waals surface area contributed by atoms with Gasteiger partial charge in [0.2, 0.25) is 5.91 Å². The van der Waals surface area contributed by atoms with E-state index in [0.29, 0.717) is 22.0 Å². The molecule has 0 saturated carbocycles. The Labute approximate surface area is 361 Å². The zero-order valence-corrected chi connectivity index (χ0v) is 35.5. The summed E-state index contributed by atoms with van der Waals surface area (Å²) in [5, 5.41) is 24.2. The summed E-state index contributed by atoms with van der Waals surface area (Å²) >= 11 is 1.05. The summed E-state index contributed by atoms with van der Waals surface area (Å²) in [6.07, 6.45) is -5.07. The van der Waals surface area contributed by atoms with E-state index in [1.165, 1.54) is 31.4 Å². The molecule has 0 fully saturated rings. The Bertz CT molecular complexity index is 2310. The van der Waals surface area contributed by atoms with Crippen LogP contribution < -0.4 is 10.1 Å². The number of esters is 4. The van der Waals surface area contributed by atoms with Gasteiger partial charge in [-0.1, -0.05) is 72.4 Å². The van der Waals surface area contributed by atoms with Crippen LogP contribution in [0.5, 0.6) is 5.75 Å². The van der Waals surface area contributed by atoms with Gasteiger partial charge in [-0.05, 0) is 47.5 Å². The van der Waals surface area contributed by atoms with Crippen molar-refractivity contribution in [2.75, 3.05) is 26.1 Å². The molecule has 324 valence electrons. The van der Waals surface area contributed by atoms with Crippen LogP contribution in [0, 0.1) is 16.0 Å². The molecule has 1 amide bonds. The van der Waals surface area contributed by atoms with Gasteiger partial charge in [0, 0.05) is 59.1 Å². The highest BCUT2D eigenvalue weighted by Crippen LogP contribution is 2.60. The molecule has 5 atom stereocenters. The Morgan fingerprint density at radius 3 is 1.94 bits per heavy atom. The van der Waals surface area contributed by atoms with Gasteiger partial charge in [0.25, 0.3) is 5.69 Å². The van der Waals surface area contributed by atoms with Crippen molar-refractivity contribution in [3.63, 3.8) is 0 Å². The number of non-ortho nitro benzene ring substituents is 1. The summed E-state index contributed by atoms with van der Waals surface area (Å²) in [6.45, 7) is 4.04. The smallest absolute Gasteiger partial charge is 0.303 e. The zero-order chi connectivity index (χ0) is 45.0. The Balaban J connectivity index is 1.87. The molecule has 4 aromatic carbocycles. The van der Waals surface area contributed by atoms with Crippen LogP contribution in [-0.2, 0) is 54.2 Å². The van der Waals surface area contributed by atoms with E-state index in [1.54, 1.807) is 61.6 Å². The monoisotopic (exact) mass is 867 g/mol. The van der Waals surface area contributed by atoms with Crippen LogP contribution in [0.4, 0.5) is 17.1 Å². The largest absolute Gasteiger partial charge is 0.497 e. The number of thioether (sulfide) groups is 1. The third-order valence-electron chi connectivity index (χ3n) is 9.43. The van der Waals surface area contributed by atoms with E-state index in [4.69, 9.17) is 28.8 Å². The normalized spacial score (nSPS) is 17.3. The van der Waals surface area contributed by atoms with Crippen molar-refractivity contribution in [3.8, 4) is 5.75 Å². The van der Waals surface area contributed by atoms with E-state index in [9.17, 15) is 29.3 Å². The van der Waals surface area contributed by atoms with Crippen LogP contribution in [0.2, 0.25) is 0 Å². The lowest BCUT2D eigenvalue weighted by atomic mass is 9.76. The average molecular weight is 868 g/mol. The molecule has 0 spiro atoms. The SMILES string of the molecule is COc1ccc(N=NC2=C(N(C)Cc3ccccc3)S[C@@](C(=O)Nc3ccc([N+](=O)[O-])cc3)(c3ccccc3)[C@H]2[C@@H](OC(C)=O)[C@H](OC(C)=O)[C@@H](COC(C)=O)OC(C)=O)cc1. The number of nitrogens with zero attached hydrogens (tertiary/aromatic N) is 4. The van der Waals surface area contributed by atoms with Crippen LogP contribution in [0.3, 0.4) is 0 Å². The van der Waals surface area contributed by atoms with Crippen molar-refractivity contribution in [3.05, 3.63) is 141 Å². The van der Waals surface area contributed by atoms with Crippen LogP contribution in [0.25, 0.3) is 0 Å². The van der Waals surface area contributed by atoms with Crippen molar-refractivity contribution in [2.45, 2.75) is 57.3 Å². The molecule has 1 aliphatic heterocycles. The maximum absolute atomic E-state index is 15.6. The lowest BCUT2D eigenvalue weighted by Crippen LogP contribution is -2.56. The van der Waals surface area contributed by atoms with Gasteiger partial charge in [-0.15, -0.1) is 0 Å². The van der Waals surface area contributed by atoms with E-state index in [-0.39, 0.29) is 23.6 Å². The lowest BCUT2D eigenvalue weighted by Gasteiger charge is -2.41. The minimum atomic E-state index is -1.92. The highest BCUT2D eigenvalue weighted by molar-refractivity contribution is 8.04. The van der Waals surface area contributed by atoms with Gasteiger partial charge in [-0.3, -0.25) is 34.1 Å². The molecule has 0 unspecified atom stereocenters. The van der Waals surface area contributed by atoms with Crippen LogP contribution in [0.1, 0.15) is 38.8 Å². The summed E-state index contributed by atoms with van der Waals surface area (Å²) < 4.78 is 26.4. The molecule has 4 aromatic rings. The van der Waals surface area contributed by atoms with E-state index >= 15 is 4.79 Å². The quantitative estimate of drug-likeness (QED) is 0.0343. The lowest BCUT2D eigenvalue weighted by molar-refractivity contribution is -0.384. The van der Waals surface area contributed by atoms with Crippen molar-refractivity contribution in [1.29, 1.82) is 0 Å². The minimum Gasteiger partial charge on any atom is -0.497 e. The van der Waals surface area contributed by atoms with Gasteiger partial charge in [-0.2, -0.15) is 10.2 Å². The van der Waals surface area contributed by atoms with E-state index in [2.05, 4.69) is 10.4 Å². The fraction of sp³-hybridized carbons (Fsp3) is 0.295. The number of nitrogens with one attached hydrogen (secondary N) is 1. The highest BCUT2D eigenvalue weighted by atomic mass is 32.2. The van der Waals surface area contributed by atoms with Crippen molar-refractivity contribution >= 4 is 58.6 Å². The van der Waals surface area contributed by atoms with Crippen LogP contribution in [-0.4, -0.2) is 78.7 Å². The molecule has 0 aromatic heterocycles. The Hall–Kier alpha value is -7.08. The van der Waals surface area contributed by atoms with Crippen molar-refractivity contribution in [1.82, 2.24) is 4.90 Å². The first kappa shape index (κ1) is 46.0. The maximum atomic E-state index is 15.6. The van der Waals surface area contributed by atoms with Gasteiger partial charge in [0.15, 0.2) is 18.3 Å². The van der Waals surface area contributed by atoms with Crippen LogP contribution >= 0.6 is 11.8 Å². The topological polar surface area (TPSA) is 215 Å². The summed E-state index contributed by atoms with van der Waals surface area (Å²) in [7, 11) is 3.29. The average Bonchev–Trinajstić information content (AvgIpc) is 3.59. The fourth-order valence-corrected chi connectivity index (χ4v) is 8.42. The molecule has 5 rings (SSSR count). The van der Waals surface area contributed by atoms with Crippen LogP contribution in [0.15, 0.2) is 130 Å². The van der Waals surface area contributed by atoms with Gasteiger partial charge in [-0.25, -0.2) is 0 Å². The molecule has 1 heterocycles. The second kappa shape index (κ2) is 20.9. The molecule has 1 aliphatic rings. The first-order valence-corrected chi connectivity index (χ1v) is 19.9. The fourth-order valence-electron chi connectivity index (χ4n) is 6.85. The number of hydrogen-bond acceptors (Lipinski definition) is 16. The molecule has 0 saturated heterocycles. The van der Waals surface area contributed by atoms with Gasteiger partial charge >= 0.3 is 23.9 Å². The number of anilines is 1. The third kappa shape index (κ3) is 11.4. The first-order chi connectivity index (χ1) is 29.6. The van der Waals surface area contributed by atoms with E-state index < -0.39 is 70.3 Å². The number of methoxy groups -OCH3 is 1.